The van der Waals surface area contributed by atoms with Gasteiger partial charge in [-0.25, -0.2) is 0 Å². The van der Waals surface area contributed by atoms with Crippen LogP contribution in [0.5, 0.6) is 0 Å². The van der Waals surface area contributed by atoms with Gasteiger partial charge in [-0.05, 0) is 53.8 Å². The Morgan fingerprint density at radius 1 is 1.17 bits per heavy atom. The van der Waals surface area contributed by atoms with Crippen molar-refractivity contribution in [1.29, 1.82) is 0 Å². The molecule has 3 rings (SSSR count). The molecule has 2 aromatic carbocycles. The predicted octanol–water partition coefficient (Wildman–Crippen LogP) is 4.34. The summed E-state index contributed by atoms with van der Waals surface area (Å²) in [7, 11) is 0. The van der Waals surface area contributed by atoms with E-state index in [1.165, 1.54) is 18.2 Å². The van der Waals surface area contributed by atoms with Crippen LogP contribution in [0.2, 0.25) is 0 Å². The van der Waals surface area contributed by atoms with Crippen LogP contribution in [0.1, 0.15) is 19.3 Å². The van der Waals surface area contributed by atoms with Crippen LogP contribution in [0.15, 0.2) is 40.9 Å². The molecule has 18 heavy (non-hydrogen) atoms. The molecular formula is C15H14BrNO. The number of nitrogens with one attached hydrogen (secondary N) is 1. The fourth-order valence-electron chi connectivity index (χ4n) is 2.09. The minimum Gasteiger partial charge on any atom is -0.326 e. The molecule has 0 unspecified atom stereocenters. The molecule has 1 saturated carbocycles. The van der Waals surface area contributed by atoms with Crippen molar-refractivity contribution in [2.45, 2.75) is 19.3 Å². The molecule has 1 aliphatic rings. The highest BCUT2D eigenvalue weighted by Gasteiger charge is 2.24. The average Bonchev–Trinajstić information content (AvgIpc) is 3.13. The van der Waals surface area contributed by atoms with Gasteiger partial charge in [0.25, 0.3) is 0 Å². The number of hydrogen-bond acceptors (Lipinski definition) is 1. The van der Waals surface area contributed by atoms with Crippen molar-refractivity contribution in [3.63, 3.8) is 0 Å². The Hall–Kier alpha value is -1.35. The summed E-state index contributed by atoms with van der Waals surface area (Å²) < 4.78 is 1.07. The maximum Gasteiger partial charge on any atom is 0.224 e. The first kappa shape index (κ1) is 11.7. The number of fused-ring (bicyclic) bond motifs is 1. The maximum absolute atomic E-state index is 11.7. The summed E-state index contributed by atoms with van der Waals surface area (Å²) in [6, 6.07) is 12.2. The zero-order valence-electron chi connectivity index (χ0n) is 9.95. The van der Waals surface area contributed by atoms with Crippen molar-refractivity contribution >= 4 is 38.3 Å². The number of rotatable bonds is 3. The maximum atomic E-state index is 11.7. The lowest BCUT2D eigenvalue weighted by molar-refractivity contribution is -0.116. The van der Waals surface area contributed by atoms with Gasteiger partial charge in [-0.3, -0.25) is 4.79 Å². The van der Waals surface area contributed by atoms with E-state index in [4.69, 9.17) is 0 Å². The van der Waals surface area contributed by atoms with Crippen molar-refractivity contribution in [2.24, 2.45) is 5.92 Å². The van der Waals surface area contributed by atoms with Crippen LogP contribution in [0.3, 0.4) is 0 Å². The standard InChI is InChI=1S/C15H14BrNO/c16-13-5-3-12-9-14(6-4-11(12)8-13)17-15(18)7-10-1-2-10/h3-6,8-10H,1-2,7H2,(H,17,18). The fourth-order valence-corrected chi connectivity index (χ4v) is 2.47. The second kappa shape index (κ2) is 4.73. The van der Waals surface area contributed by atoms with Crippen molar-refractivity contribution in [3.05, 3.63) is 40.9 Å². The van der Waals surface area contributed by atoms with Crippen molar-refractivity contribution in [1.82, 2.24) is 0 Å². The van der Waals surface area contributed by atoms with Crippen LogP contribution in [0, 0.1) is 5.92 Å². The topological polar surface area (TPSA) is 29.1 Å². The third kappa shape index (κ3) is 2.72. The Balaban J connectivity index is 1.79. The molecule has 0 saturated heterocycles. The van der Waals surface area contributed by atoms with Gasteiger partial charge in [0, 0.05) is 16.6 Å². The highest BCUT2D eigenvalue weighted by atomic mass is 79.9. The fraction of sp³-hybridized carbons (Fsp3) is 0.267. The van der Waals surface area contributed by atoms with E-state index in [2.05, 4.69) is 33.4 Å². The van der Waals surface area contributed by atoms with Crippen molar-refractivity contribution in [3.8, 4) is 0 Å². The number of halogens is 1. The van der Waals surface area contributed by atoms with Gasteiger partial charge in [0.15, 0.2) is 0 Å². The molecule has 1 fully saturated rings. The van der Waals surface area contributed by atoms with Gasteiger partial charge in [-0.1, -0.05) is 28.1 Å². The number of benzene rings is 2. The van der Waals surface area contributed by atoms with Crippen LogP contribution in [0.25, 0.3) is 10.8 Å². The monoisotopic (exact) mass is 303 g/mol. The predicted molar refractivity (Wildman–Crippen MR) is 77.6 cm³/mol. The molecule has 1 N–H and O–H groups in total. The summed E-state index contributed by atoms with van der Waals surface area (Å²) in [5.41, 5.74) is 0.885. The first-order valence-electron chi connectivity index (χ1n) is 6.20. The molecule has 1 amide bonds. The molecule has 0 aliphatic heterocycles. The van der Waals surface area contributed by atoms with E-state index in [0.29, 0.717) is 12.3 Å². The van der Waals surface area contributed by atoms with Gasteiger partial charge in [-0.2, -0.15) is 0 Å². The summed E-state index contributed by atoms with van der Waals surface area (Å²) in [5.74, 6) is 0.760. The second-order valence-electron chi connectivity index (χ2n) is 4.90. The molecule has 0 heterocycles. The van der Waals surface area contributed by atoms with Gasteiger partial charge < -0.3 is 5.32 Å². The van der Waals surface area contributed by atoms with Gasteiger partial charge in [-0.15, -0.1) is 0 Å². The van der Waals surface area contributed by atoms with Gasteiger partial charge in [0.05, 0.1) is 0 Å². The van der Waals surface area contributed by atoms with E-state index in [1.807, 2.05) is 24.3 Å². The van der Waals surface area contributed by atoms with Gasteiger partial charge in [0.2, 0.25) is 5.91 Å². The number of hydrogen-bond donors (Lipinski definition) is 1. The zero-order valence-corrected chi connectivity index (χ0v) is 11.5. The number of carbonyl (C=O) groups is 1. The highest BCUT2D eigenvalue weighted by Crippen LogP contribution is 2.32. The van der Waals surface area contributed by atoms with Crippen molar-refractivity contribution in [2.75, 3.05) is 5.32 Å². The Kier molecular flexibility index (Phi) is 3.08. The van der Waals surface area contributed by atoms with Gasteiger partial charge in [0.1, 0.15) is 0 Å². The van der Waals surface area contributed by atoms with Gasteiger partial charge >= 0.3 is 0 Å². The summed E-state index contributed by atoms with van der Waals surface area (Å²) >= 11 is 3.46. The number of carbonyl (C=O) groups excluding carboxylic acids is 1. The molecule has 0 spiro atoms. The summed E-state index contributed by atoms with van der Waals surface area (Å²) in [6.07, 6.45) is 3.08. The van der Waals surface area contributed by atoms with E-state index in [0.717, 1.165) is 15.5 Å². The molecule has 0 bridgehead atoms. The summed E-state index contributed by atoms with van der Waals surface area (Å²) in [6.45, 7) is 0. The molecular weight excluding hydrogens is 290 g/mol. The van der Waals surface area contributed by atoms with Crippen molar-refractivity contribution < 1.29 is 4.79 Å². The molecule has 0 atom stereocenters. The van der Waals surface area contributed by atoms with E-state index >= 15 is 0 Å². The van der Waals surface area contributed by atoms with Crippen LogP contribution in [0.4, 0.5) is 5.69 Å². The lowest BCUT2D eigenvalue weighted by Crippen LogP contribution is -2.11. The minimum absolute atomic E-state index is 0.133. The summed E-state index contributed by atoms with van der Waals surface area (Å²) in [5, 5.41) is 5.28. The molecule has 2 nitrogen and oxygen atoms in total. The molecule has 0 radical (unpaired) electrons. The van der Waals surface area contributed by atoms with E-state index in [-0.39, 0.29) is 5.91 Å². The molecule has 2 aromatic rings. The lowest BCUT2D eigenvalue weighted by atomic mass is 10.1. The Morgan fingerprint density at radius 3 is 2.67 bits per heavy atom. The van der Waals surface area contributed by atoms with Crippen LogP contribution >= 0.6 is 15.9 Å². The summed E-state index contributed by atoms with van der Waals surface area (Å²) in [4.78, 5) is 11.7. The van der Waals surface area contributed by atoms with E-state index < -0.39 is 0 Å². The number of anilines is 1. The molecule has 1 aliphatic carbocycles. The largest absolute Gasteiger partial charge is 0.326 e. The van der Waals surface area contributed by atoms with Crippen LogP contribution in [-0.4, -0.2) is 5.91 Å². The lowest BCUT2D eigenvalue weighted by Gasteiger charge is -2.06. The smallest absolute Gasteiger partial charge is 0.224 e. The van der Waals surface area contributed by atoms with Crippen LogP contribution < -0.4 is 5.32 Å². The zero-order chi connectivity index (χ0) is 12.5. The molecule has 0 aromatic heterocycles. The quantitative estimate of drug-likeness (QED) is 0.898. The normalized spacial score (nSPS) is 14.7. The number of amides is 1. The van der Waals surface area contributed by atoms with E-state index in [9.17, 15) is 4.79 Å². The average molecular weight is 304 g/mol. The third-order valence-electron chi connectivity index (χ3n) is 3.26. The third-order valence-corrected chi connectivity index (χ3v) is 3.75. The first-order chi connectivity index (χ1) is 8.70. The Bertz CT molecular complexity index is 604. The Morgan fingerprint density at radius 2 is 1.89 bits per heavy atom. The van der Waals surface area contributed by atoms with Crippen LogP contribution in [-0.2, 0) is 4.79 Å². The Labute approximate surface area is 115 Å². The SMILES string of the molecule is O=C(CC1CC1)Nc1ccc2cc(Br)ccc2c1. The van der Waals surface area contributed by atoms with E-state index in [1.54, 1.807) is 0 Å². The highest BCUT2D eigenvalue weighted by molar-refractivity contribution is 9.10. The minimum atomic E-state index is 0.133. The molecule has 92 valence electrons. The molecule has 3 heteroatoms. The second-order valence-corrected chi connectivity index (χ2v) is 5.82. The first-order valence-corrected chi connectivity index (χ1v) is 6.99.